The maximum absolute atomic E-state index is 4.78. The molecule has 0 aliphatic carbocycles. The predicted octanol–water partition coefficient (Wildman–Crippen LogP) is 1.49. The molecule has 0 saturated carbocycles. The number of nitrogens with zero attached hydrogens (tertiary/aromatic N) is 6. The Balaban J connectivity index is 1.73. The van der Waals surface area contributed by atoms with E-state index in [1.165, 1.54) is 0 Å². The van der Waals surface area contributed by atoms with E-state index < -0.39 is 0 Å². The van der Waals surface area contributed by atoms with Crippen LogP contribution in [0.5, 0.6) is 0 Å². The van der Waals surface area contributed by atoms with Crippen molar-refractivity contribution in [2.24, 2.45) is 0 Å². The maximum Gasteiger partial charge on any atom is 0.178 e. The van der Waals surface area contributed by atoms with Gasteiger partial charge in [-0.3, -0.25) is 4.90 Å². The quantitative estimate of drug-likeness (QED) is 0.717. The summed E-state index contributed by atoms with van der Waals surface area (Å²) in [6, 6.07) is 7.99. The number of benzene rings is 1. The van der Waals surface area contributed by atoms with Crippen molar-refractivity contribution in [3.05, 3.63) is 30.0 Å². The van der Waals surface area contributed by atoms with Crippen molar-refractivity contribution in [1.29, 1.82) is 0 Å². The molecule has 22 heavy (non-hydrogen) atoms. The molecule has 0 spiro atoms. The topological polar surface area (TPSA) is 50.1 Å². The Hall–Kier alpha value is -2.05. The van der Waals surface area contributed by atoms with E-state index in [0.29, 0.717) is 0 Å². The van der Waals surface area contributed by atoms with Gasteiger partial charge in [0.05, 0.1) is 23.4 Å². The van der Waals surface area contributed by atoms with Crippen LogP contribution in [0.3, 0.4) is 0 Å². The number of aryl methyl sites for hydroxylation is 1. The SMILES string of the molecule is Cc1nn(CN2CCN(C)CC2)c2nc3ccccc3nc12. The first-order valence-corrected chi connectivity index (χ1v) is 7.71. The lowest BCUT2D eigenvalue weighted by Gasteiger charge is -2.32. The minimum Gasteiger partial charge on any atom is -0.304 e. The molecule has 3 aromatic rings. The third-order valence-corrected chi connectivity index (χ3v) is 4.34. The molecular weight excluding hydrogens is 276 g/mol. The summed E-state index contributed by atoms with van der Waals surface area (Å²) in [6.45, 7) is 7.13. The molecule has 0 unspecified atom stereocenters. The van der Waals surface area contributed by atoms with Crippen LogP contribution < -0.4 is 0 Å². The minimum atomic E-state index is 0.783. The van der Waals surface area contributed by atoms with Gasteiger partial charge in [0.2, 0.25) is 0 Å². The van der Waals surface area contributed by atoms with Gasteiger partial charge in [0.1, 0.15) is 5.52 Å². The van der Waals surface area contributed by atoms with Crippen molar-refractivity contribution < 1.29 is 0 Å². The maximum atomic E-state index is 4.78. The molecule has 6 heteroatoms. The summed E-state index contributed by atoms with van der Waals surface area (Å²) < 4.78 is 2.00. The van der Waals surface area contributed by atoms with E-state index in [1.54, 1.807) is 0 Å². The first-order chi connectivity index (χ1) is 10.7. The van der Waals surface area contributed by atoms with Crippen molar-refractivity contribution in [3.63, 3.8) is 0 Å². The Bertz CT molecular complexity index is 816. The Kier molecular flexibility index (Phi) is 3.28. The van der Waals surface area contributed by atoms with E-state index in [9.17, 15) is 0 Å². The highest BCUT2D eigenvalue weighted by Gasteiger charge is 2.17. The number of piperazine rings is 1. The van der Waals surface area contributed by atoms with Crippen molar-refractivity contribution in [2.45, 2.75) is 13.6 Å². The van der Waals surface area contributed by atoms with Crippen LogP contribution in [-0.2, 0) is 6.67 Å². The second-order valence-corrected chi connectivity index (χ2v) is 6.03. The molecule has 0 atom stereocenters. The molecule has 0 amide bonds. The van der Waals surface area contributed by atoms with Crippen LogP contribution in [0.25, 0.3) is 22.2 Å². The summed E-state index contributed by atoms with van der Waals surface area (Å²) in [5, 5.41) is 4.66. The van der Waals surface area contributed by atoms with Gasteiger partial charge >= 0.3 is 0 Å². The van der Waals surface area contributed by atoms with E-state index >= 15 is 0 Å². The second-order valence-electron chi connectivity index (χ2n) is 6.03. The van der Waals surface area contributed by atoms with Gasteiger partial charge in [-0.2, -0.15) is 5.10 Å². The fourth-order valence-electron chi connectivity index (χ4n) is 2.97. The molecule has 4 rings (SSSR count). The lowest BCUT2D eigenvalue weighted by Crippen LogP contribution is -2.45. The monoisotopic (exact) mass is 296 g/mol. The van der Waals surface area contributed by atoms with Gasteiger partial charge in [-0.05, 0) is 26.1 Å². The molecule has 0 radical (unpaired) electrons. The lowest BCUT2D eigenvalue weighted by molar-refractivity contribution is 0.121. The minimum absolute atomic E-state index is 0.783. The average molecular weight is 296 g/mol. The van der Waals surface area contributed by atoms with Crippen LogP contribution in [0.1, 0.15) is 5.69 Å². The van der Waals surface area contributed by atoms with Crippen LogP contribution in [-0.4, -0.2) is 62.8 Å². The second kappa shape index (κ2) is 5.30. The van der Waals surface area contributed by atoms with Crippen LogP contribution in [0.4, 0.5) is 0 Å². The van der Waals surface area contributed by atoms with Crippen molar-refractivity contribution >= 4 is 22.2 Å². The van der Waals surface area contributed by atoms with E-state index in [4.69, 9.17) is 9.97 Å². The summed E-state index contributed by atoms with van der Waals surface area (Å²) in [6.07, 6.45) is 0. The molecule has 1 aromatic carbocycles. The smallest absolute Gasteiger partial charge is 0.178 e. The molecule has 6 nitrogen and oxygen atoms in total. The van der Waals surface area contributed by atoms with Gasteiger partial charge in [-0.1, -0.05) is 12.1 Å². The van der Waals surface area contributed by atoms with E-state index in [1.807, 2.05) is 35.9 Å². The molecule has 114 valence electrons. The number of hydrogen-bond acceptors (Lipinski definition) is 5. The molecule has 1 fully saturated rings. The summed E-state index contributed by atoms with van der Waals surface area (Å²) in [5.41, 5.74) is 4.59. The summed E-state index contributed by atoms with van der Waals surface area (Å²) in [4.78, 5) is 14.3. The van der Waals surface area contributed by atoms with Crippen molar-refractivity contribution in [3.8, 4) is 0 Å². The molecule has 0 bridgehead atoms. The third-order valence-electron chi connectivity index (χ3n) is 4.34. The Morgan fingerprint density at radius 3 is 2.41 bits per heavy atom. The predicted molar refractivity (Wildman–Crippen MR) is 86.6 cm³/mol. The van der Waals surface area contributed by atoms with E-state index in [2.05, 4.69) is 21.9 Å². The summed E-state index contributed by atoms with van der Waals surface area (Å²) in [5.74, 6) is 0. The zero-order chi connectivity index (χ0) is 15.1. The van der Waals surface area contributed by atoms with Crippen molar-refractivity contribution in [1.82, 2.24) is 29.5 Å². The number of aromatic nitrogens is 4. The highest BCUT2D eigenvalue weighted by atomic mass is 15.4. The fourth-order valence-corrected chi connectivity index (χ4v) is 2.97. The Labute approximate surface area is 129 Å². The number of rotatable bonds is 2. The molecular formula is C16H20N6. The average Bonchev–Trinajstić information content (AvgIpc) is 2.83. The first-order valence-electron chi connectivity index (χ1n) is 7.71. The van der Waals surface area contributed by atoms with Crippen LogP contribution >= 0.6 is 0 Å². The fraction of sp³-hybridized carbons (Fsp3) is 0.438. The third kappa shape index (κ3) is 2.34. The van der Waals surface area contributed by atoms with E-state index in [0.717, 1.165) is 60.7 Å². The normalized spacial score (nSPS) is 17.5. The van der Waals surface area contributed by atoms with Crippen LogP contribution in [0, 0.1) is 6.92 Å². The number of fused-ring (bicyclic) bond motifs is 2. The zero-order valence-corrected chi connectivity index (χ0v) is 13.0. The summed E-state index contributed by atoms with van der Waals surface area (Å²) in [7, 11) is 2.17. The standard InChI is InChI=1S/C16H20N6/c1-12-15-16(18-14-6-4-3-5-13(14)17-15)22(19-12)11-21-9-7-20(2)8-10-21/h3-6H,7-11H2,1-2H3. The highest BCUT2D eigenvalue weighted by Crippen LogP contribution is 2.19. The zero-order valence-electron chi connectivity index (χ0n) is 13.0. The van der Waals surface area contributed by atoms with Crippen LogP contribution in [0.15, 0.2) is 24.3 Å². The Morgan fingerprint density at radius 2 is 1.68 bits per heavy atom. The largest absolute Gasteiger partial charge is 0.304 e. The summed E-state index contributed by atoms with van der Waals surface area (Å²) >= 11 is 0. The molecule has 1 saturated heterocycles. The molecule has 1 aliphatic rings. The van der Waals surface area contributed by atoms with Crippen LogP contribution in [0.2, 0.25) is 0 Å². The molecule has 0 N–H and O–H groups in total. The van der Waals surface area contributed by atoms with Gasteiger partial charge in [0.15, 0.2) is 5.65 Å². The van der Waals surface area contributed by atoms with E-state index in [-0.39, 0.29) is 0 Å². The Morgan fingerprint density at radius 1 is 1.00 bits per heavy atom. The molecule has 3 heterocycles. The molecule has 1 aliphatic heterocycles. The first kappa shape index (κ1) is 13.6. The number of hydrogen-bond donors (Lipinski definition) is 0. The van der Waals surface area contributed by atoms with Crippen molar-refractivity contribution in [2.75, 3.05) is 33.2 Å². The van der Waals surface area contributed by atoms with Gasteiger partial charge < -0.3 is 4.90 Å². The lowest BCUT2D eigenvalue weighted by atomic mass is 10.3. The van der Waals surface area contributed by atoms with Gasteiger partial charge in [0, 0.05) is 26.2 Å². The van der Waals surface area contributed by atoms with Gasteiger partial charge in [0.25, 0.3) is 0 Å². The number of para-hydroxylation sites is 2. The highest BCUT2D eigenvalue weighted by molar-refractivity contribution is 5.85. The number of likely N-dealkylation sites (N-methyl/N-ethyl adjacent to an activating group) is 1. The van der Waals surface area contributed by atoms with Gasteiger partial charge in [-0.15, -0.1) is 0 Å². The van der Waals surface area contributed by atoms with Gasteiger partial charge in [-0.25, -0.2) is 14.6 Å². The molecule has 2 aromatic heterocycles.